The third-order valence-electron chi connectivity index (χ3n) is 3.72. The van der Waals surface area contributed by atoms with Gasteiger partial charge in [0.25, 0.3) is 0 Å². The van der Waals surface area contributed by atoms with Crippen LogP contribution in [0.25, 0.3) is 0 Å². The molecule has 8 heteroatoms. The van der Waals surface area contributed by atoms with Gasteiger partial charge in [-0.05, 0) is 27.2 Å². The monoisotopic (exact) mass is 313 g/mol. The number of amides is 2. The molecule has 0 spiro atoms. The lowest BCUT2D eigenvalue weighted by atomic mass is 9.95. The summed E-state index contributed by atoms with van der Waals surface area (Å²) in [5, 5.41) is 15.1. The second-order valence-corrected chi connectivity index (χ2v) is 6.40. The highest BCUT2D eigenvalue weighted by Gasteiger charge is 2.38. The number of nitrogens with zero attached hydrogens (tertiary/aromatic N) is 1. The van der Waals surface area contributed by atoms with E-state index in [4.69, 9.17) is 9.84 Å². The Bertz CT molecular complexity index is 560. The number of carboxylic acids is 1. The molecule has 1 aromatic heterocycles. The number of nitrogens with one attached hydrogen (secondary N) is 2. The van der Waals surface area contributed by atoms with Crippen LogP contribution < -0.4 is 10.6 Å². The predicted molar refractivity (Wildman–Crippen MR) is 77.6 cm³/mol. The summed E-state index contributed by atoms with van der Waals surface area (Å²) in [7, 11) is 0. The van der Waals surface area contributed by atoms with Gasteiger partial charge in [0.05, 0.1) is 23.9 Å². The summed E-state index contributed by atoms with van der Waals surface area (Å²) < 4.78 is 5.46. The van der Waals surface area contributed by atoms with E-state index in [0.29, 0.717) is 17.3 Å². The van der Waals surface area contributed by atoms with Gasteiger partial charge in [-0.15, -0.1) is 11.3 Å². The van der Waals surface area contributed by atoms with Gasteiger partial charge in [0.2, 0.25) is 0 Å². The Morgan fingerprint density at radius 3 is 2.81 bits per heavy atom. The van der Waals surface area contributed by atoms with Crippen LogP contribution in [0.5, 0.6) is 0 Å². The van der Waals surface area contributed by atoms with Gasteiger partial charge in [0.1, 0.15) is 9.88 Å². The largest absolute Gasteiger partial charge is 0.477 e. The molecule has 116 valence electrons. The van der Waals surface area contributed by atoms with Crippen LogP contribution in [0, 0.1) is 6.92 Å². The van der Waals surface area contributed by atoms with Crippen molar-refractivity contribution in [2.45, 2.75) is 45.4 Å². The maximum Gasteiger partial charge on any atom is 0.347 e. The summed E-state index contributed by atoms with van der Waals surface area (Å²) >= 11 is 1.07. The number of hydrogen-bond acceptors (Lipinski definition) is 5. The predicted octanol–water partition coefficient (Wildman–Crippen LogP) is 1.52. The highest BCUT2D eigenvalue weighted by Crippen LogP contribution is 2.24. The Kier molecular flexibility index (Phi) is 4.48. The van der Waals surface area contributed by atoms with E-state index in [0.717, 1.165) is 17.8 Å². The van der Waals surface area contributed by atoms with Crippen molar-refractivity contribution in [1.82, 2.24) is 15.6 Å². The first kappa shape index (κ1) is 15.7. The molecule has 3 N–H and O–H groups in total. The van der Waals surface area contributed by atoms with Crippen molar-refractivity contribution in [3.63, 3.8) is 0 Å². The average molecular weight is 313 g/mol. The maximum atomic E-state index is 11.9. The molecular weight excluding hydrogens is 294 g/mol. The molecule has 2 rings (SSSR count). The topological polar surface area (TPSA) is 101 Å². The fourth-order valence-electron chi connectivity index (χ4n) is 2.18. The molecule has 1 aromatic rings. The van der Waals surface area contributed by atoms with Gasteiger partial charge in [0, 0.05) is 6.61 Å². The number of hydrogen-bond donors (Lipinski definition) is 3. The lowest BCUT2D eigenvalue weighted by Gasteiger charge is -2.28. The van der Waals surface area contributed by atoms with E-state index in [1.165, 1.54) is 0 Å². The third kappa shape index (κ3) is 3.51. The number of thiazole rings is 1. The van der Waals surface area contributed by atoms with Gasteiger partial charge < -0.3 is 20.5 Å². The number of carbonyl (C=O) groups is 2. The second kappa shape index (κ2) is 5.98. The molecule has 2 heterocycles. The molecule has 0 saturated carbocycles. The molecule has 21 heavy (non-hydrogen) atoms. The molecule has 0 radical (unpaired) electrons. The van der Waals surface area contributed by atoms with Crippen molar-refractivity contribution in [2.24, 2.45) is 0 Å². The average Bonchev–Trinajstić information content (AvgIpc) is 2.91. The summed E-state index contributed by atoms with van der Waals surface area (Å²) in [6.07, 6.45) is 0.727. The normalized spacial score (nSPS) is 24.8. The number of ether oxygens (including phenoxy) is 1. The van der Waals surface area contributed by atoms with Crippen LogP contribution in [0.2, 0.25) is 0 Å². The second-order valence-electron chi connectivity index (χ2n) is 5.32. The lowest BCUT2D eigenvalue weighted by molar-refractivity contribution is 0.0701. The summed E-state index contributed by atoms with van der Waals surface area (Å²) in [5.74, 6) is -0.995. The highest BCUT2D eigenvalue weighted by atomic mass is 32.1. The molecule has 2 unspecified atom stereocenters. The number of rotatable bonds is 4. The Morgan fingerprint density at radius 2 is 2.29 bits per heavy atom. The molecule has 2 atom stereocenters. The van der Waals surface area contributed by atoms with Gasteiger partial charge in [0.15, 0.2) is 0 Å². The van der Waals surface area contributed by atoms with E-state index in [1.807, 2.05) is 13.8 Å². The SMILES string of the molecule is Cc1nc(CNC(=O)NC2(C)CCOC2C)sc1C(=O)O. The van der Waals surface area contributed by atoms with E-state index >= 15 is 0 Å². The molecule has 0 bridgehead atoms. The van der Waals surface area contributed by atoms with Crippen molar-refractivity contribution in [3.8, 4) is 0 Å². The Labute approximate surface area is 126 Å². The van der Waals surface area contributed by atoms with Crippen LogP contribution in [-0.4, -0.2) is 40.3 Å². The van der Waals surface area contributed by atoms with Gasteiger partial charge in [-0.2, -0.15) is 0 Å². The molecule has 7 nitrogen and oxygen atoms in total. The maximum absolute atomic E-state index is 11.9. The fraction of sp³-hybridized carbons (Fsp3) is 0.615. The standard InChI is InChI=1S/C13H19N3O4S/c1-7-10(11(17)18)21-9(15-7)6-14-12(19)16-13(3)4-5-20-8(13)2/h8H,4-6H2,1-3H3,(H,17,18)(H2,14,16,19). The first-order chi connectivity index (χ1) is 9.82. The highest BCUT2D eigenvalue weighted by molar-refractivity contribution is 7.13. The summed E-state index contributed by atoms with van der Waals surface area (Å²) in [4.78, 5) is 27.2. The first-order valence-corrected chi connectivity index (χ1v) is 7.50. The number of aryl methyl sites for hydroxylation is 1. The van der Waals surface area contributed by atoms with Crippen LogP contribution in [0.3, 0.4) is 0 Å². The molecule has 1 aliphatic heterocycles. The minimum absolute atomic E-state index is 0.0380. The summed E-state index contributed by atoms with van der Waals surface area (Å²) in [6.45, 7) is 6.35. The molecule has 1 aliphatic rings. The Balaban J connectivity index is 1.89. The van der Waals surface area contributed by atoms with E-state index in [9.17, 15) is 9.59 Å². The molecule has 1 saturated heterocycles. The van der Waals surface area contributed by atoms with Crippen molar-refractivity contribution >= 4 is 23.3 Å². The zero-order valence-electron chi connectivity index (χ0n) is 12.2. The van der Waals surface area contributed by atoms with Gasteiger partial charge in [-0.1, -0.05) is 0 Å². The van der Waals surface area contributed by atoms with Crippen molar-refractivity contribution in [1.29, 1.82) is 0 Å². The lowest BCUT2D eigenvalue weighted by Crippen LogP contribution is -2.53. The summed E-state index contributed by atoms with van der Waals surface area (Å²) in [5.41, 5.74) is 0.0873. The Hall–Kier alpha value is -1.67. The van der Waals surface area contributed by atoms with Crippen LogP contribution in [0.4, 0.5) is 4.79 Å². The minimum Gasteiger partial charge on any atom is -0.477 e. The van der Waals surface area contributed by atoms with Crippen molar-refractivity contribution < 1.29 is 19.4 Å². The van der Waals surface area contributed by atoms with Crippen LogP contribution in [0.1, 0.15) is 40.6 Å². The Morgan fingerprint density at radius 1 is 1.57 bits per heavy atom. The smallest absolute Gasteiger partial charge is 0.347 e. The zero-order chi connectivity index (χ0) is 15.6. The zero-order valence-corrected chi connectivity index (χ0v) is 13.0. The van der Waals surface area contributed by atoms with Gasteiger partial charge in [-0.25, -0.2) is 14.6 Å². The number of aromatic carboxylic acids is 1. The van der Waals surface area contributed by atoms with Gasteiger partial charge >= 0.3 is 12.0 Å². The quantitative estimate of drug-likeness (QED) is 0.782. The van der Waals surface area contributed by atoms with Crippen LogP contribution in [-0.2, 0) is 11.3 Å². The van der Waals surface area contributed by atoms with Crippen LogP contribution >= 0.6 is 11.3 Å². The molecule has 0 aromatic carbocycles. The number of urea groups is 1. The summed E-state index contributed by atoms with van der Waals surface area (Å²) in [6, 6.07) is -0.306. The molecule has 0 aliphatic carbocycles. The fourth-order valence-corrected chi connectivity index (χ4v) is 3.03. The third-order valence-corrected chi connectivity index (χ3v) is 4.87. The van der Waals surface area contributed by atoms with E-state index in [1.54, 1.807) is 6.92 Å². The molecule has 2 amide bonds. The molecule has 1 fully saturated rings. The van der Waals surface area contributed by atoms with Crippen molar-refractivity contribution in [2.75, 3.05) is 6.61 Å². The number of carboxylic acid groups (broad SMARTS) is 1. The number of carbonyl (C=O) groups excluding carboxylic acids is 1. The van der Waals surface area contributed by atoms with E-state index in [-0.39, 0.29) is 29.1 Å². The minimum atomic E-state index is -0.995. The van der Waals surface area contributed by atoms with Gasteiger partial charge in [-0.3, -0.25) is 0 Å². The first-order valence-electron chi connectivity index (χ1n) is 6.69. The number of aromatic nitrogens is 1. The van der Waals surface area contributed by atoms with E-state index in [2.05, 4.69) is 15.6 Å². The molecular formula is C13H19N3O4S. The van der Waals surface area contributed by atoms with Crippen LogP contribution in [0.15, 0.2) is 0 Å². The van der Waals surface area contributed by atoms with Crippen molar-refractivity contribution in [3.05, 3.63) is 15.6 Å². The van der Waals surface area contributed by atoms with E-state index < -0.39 is 5.97 Å².